The third-order valence-corrected chi connectivity index (χ3v) is 13.3. The Bertz CT molecular complexity index is 2040. The highest BCUT2D eigenvalue weighted by Gasteiger charge is 2.58. The van der Waals surface area contributed by atoms with Gasteiger partial charge in [0.25, 0.3) is 5.91 Å². The molecule has 5 N–H and O–H groups in total. The summed E-state index contributed by atoms with van der Waals surface area (Å²) in [5.41, 5.74) is 5.75. The lowest BCUT2D eigenvalue weighted by atomic mass is 9.43. The molecule has 0 saturated heterocycles. The number of nitrogens with one attached hydrogen (secondary N) is 2. The van der Waals surface area contributed by atoms with Crippen molar-refractivity contribution >= 4 is 73.1 Å². The number of hydrogen-bond donors (Lipinski definition) is 5. The van der Waals surface area contributed by atoms with E-state index in [0.717, 1.165) is 47.6 Å². The molecule has 2 fully saturated rings. The first kappa shape index (κ1) is 40.1. The number of oxime groups is 1. The van der Waals surface area contributed by atoms with Crippen molar-refractivity contribution in [3.05, 3.63) is 99.6 Å². The summed E-state index contributed by atoms with van der Waals surface area (Å²) in [6, 6.07) is 18.4. The Hall–Kier alpha value is -4.53. The van der Waals surface area contributed by atoms with Crippen molar-refractivity contribution in [3.63, 3.8) is 0 Å². The number of amides is 2. The van der Waals surface area contributed by atoms with Gasteiger partial charge in [-0.25, -0.2) is 4.79 Å². The Balaban J connectivity index is 0.934. The van der Waals surface area contributed by atoms with Crippen LogP contribution in [0.4, 0.5) is 0 Å². The SMILES string of the molecule is O=C(O)/C=C/c1ccc(-c2ccc(OC(=O)CCC(=O)NCCSSCCNC(=O)/C(Cc3ccc(O)c(Br)c3)=N/O)c(C34CC5CC=C3C(C5)C4)c2)cc1. The summed E-state index contributed by atoms with van der Waals surface area (Å²) < 4.78 is 6.47. The fourth-order valence-electron chi connectivity index (χ4n) is 7.79. The number of benzene rings is 3. The lowest BCUT2D eigenvalue weighted by Gasteiger charge is -2.61. The summed E-state index contributed by atoms with van der Waals surface area (Å²) in [6.07, 6.45) is 9.51. The predicted molar refractivity (Wildman–Crippen MR) is 218 cm³/mol. The van der Waals surface area contributed by atoms with Gasteiger partial charge in [0, 0.05) is 54.5 Å². The zero-order chi connectivity index (χ0) is 39.0. The number of carboxylic acids is 1. The van der Waals surface area contributed by atoms with E-state index in [-0.39, 0.29) is 42.0 Å². The average Bonchev–Trinajstić information content (AvgIpc) is 3.17. The van der Waals surface area contributed by atoms with Gasteiger partial charge in [-0.3, -0.25) is 14.4 Å². The van der Waals surface area contributed by atoms with Crippen LogP contribution in [0.2, 0.25) is 0 Å². The van der Waals surface area contributed by atoms with Crippen molar-refractivity contribution in [2.24, 2.45) is 17.0 Å². The number of aliphatic carboxylic acids is 1. The zero-order valence-corrected chi connectivity index (χ0v) is 33.2. The number of phenolic OH excluding ortho intramolecular Hbond substituents is 1. The van der Waals surface area contributed by atoms with Gasteiger partial charge in [0.2, 0.25) is 5.91 Å². The number of halogens is 1. The third-order valence-electron chi connectivity index (χ3n) is 10.3. The van der Waals surface area contributed by atoms with E-state index in [9.17, 15) is 29.5 Å². The standard InChI is InChI=1S/C41H42BrN3O8S2/c42-33-20-26(4-10-35(33)46)21-34(45-52)40(51)44-16-18-55-54-17-15-43-37(47)12-14-39(50)53-36-11-8-29(28-6-1-25(2-7-28)5-13-38(48)49)22-32(36)41-23-27-3-9-31(41)30(19-27)24-41/h1-2,4-11,13,20,22,27,30,46,52H,3,12,14-19,21,23-24H2,(H,43,47)(H,44,51)(H,48,49)/b13-5+,45-34+. The number of ether oxygens (including phenoxy) is 1. The monoisotopic (exact) mass is 847 g/mol. The minimum Gasteiger partial charge on any atom is -0.507 e. The molecule has 0 radical (unpaired) electrons. The molecule has 0 heterocycles. The molecule has 11 nitrogen and oxygen atoms in total. The van der Waals surface area contributed by atoms with Gasteiger partial charge in [0.1, 0.15) is 17.2 Å². The summed E-state index contributed by atoms with van der Waals surface area (Å²) in [4.78, 5) is 49.0. The molecule has 3 atom stereocenters. The van der Waals surface area contributed by atoms with Crippen LogP contribution in [0, 0.1) is 11.8 Å². The van der Waals surface area contributed by atoms with Crippen LogP contribution < -0.4 is 15.4 Å². The van der Waals surface area contributed by atoms with Crippen molar-refractivity contribution < 1.29 is 39.3 Å². The summed E-state index contributed by atoms with van der Waals surface area (Å²) in [5, 5.41) is 36.6. The molecule has 0 aromatic heterocycles. The van der Waals surface area contributed by atoms with Crippen LogP contribution in [0.1, 0.15) is 55.2 Å². The first-order chi connectivity index (χ1) is 26.5. The maximum absolute atomic E-state index is 13.1. The van der Waals surface area contributed by atoms with Crippen molar-refractivity contribution in [1.29, 1.82) is 0 Å². The van der Waals surface area contributed by atoms with Crippen LogP contribution >= 0.6 is 37.5 Å². The van der Waals surface area contributed by atoms with E-state index in [1.807, 2.05) is 36.4 Å². The second-order valence-corrected chi connectivity index (χ2v) is 17.5. The highest BCUT2D eigenvalue weighted by Crippen LogP contribution is 2.67. The maximum Gasteiger partial charge on any atom is 0.328 e. The lowest BCUT2D eigenvalue weighted by molar-refractivity contribution is -0.136. The minimum absolute atomic E-state index is 0.00898. The summed E-state index contributed by atoms with van der Waals surface area (Å²) in [7, 11) is 3.07. The molecular weight excluding hydrogens is 807 g/mol. The molecule has 7 rings (SSSR count). The first-order valence-electron chi connectivity index (χ1n) is 18.1. The van der Waals surface area contributed by atoms with E-state index >= 15 is 0 Å². The molecule has 3 aromatic rings. The van der Waals surface area contributed by atoms with Gasteiger partial charge in [-0.2, -0.15) is 0 Å². The number of esters is 1. The van der Waals surface area contributed by atoms with Crippen LogP contribution in [-0.2, 0) is 31.0 Å². The van der Waals surface area contributed by atoms with Crippen molar-refractivity contribution in [2.45, 2.75) is 50.4 Å². The number of phenols is 1. The molecule has 4 aliphatic rings. The molecule has 0 aliphatic heterocycles. The smallest absolute Gasteiger partial charge is 0.328 e. The van der Waals surface area contributed by atoms with E-state index in [1.165, 1.54) is 28.9 Å². The van der Waals surface area contributed by atoms with Crippen LogP contribution in [0.25, 0.3) is 17.2 Å². The normalized spacial score (nSPS) is 19.7. The Morgan fingerprint density at radius 1 is 0.945 bits per heavy atom. The zero-order valence-electron chi connectivity index (χ0n) is 30.0. The predicted octanol–water partition coefficient (Wildman–Crippen LogP) is 7.29. The van der Waals surface area contributed by atoms with Gasteiger partial charge in [0.15, 0.2) is 0 Å². The number of carbonyl (C=O) groups excluding carboxylic acids is 3. The topological polar surface area (TPSA) is 175 Å². The number of hydrogen-bond acceptors (Lipinski definition) is 10. The third kappa shape index (κ3) is 10.0. The Labute approximate surface area is 335 Å². The Morgan fingerprint density at radius 2 is 1.69 bits per heavy atom. The number of carboxylic acid groups (broad SMARTS) is 1. The van der Waals surface area contributed by atoms with E-state index < -0.39 is 17.8 Å². The summed E-state index contributed by atoms with van der Waals surface area (Å²) in [6.45, 7) is 0.776. The Kier molecular flexibility index (Phi) is 13.4. The van der Waals surface area contributed by atoms with E-state index in [1.54, 1.807) is 29.0 Å². The van der Waals surface area contributed by atoms with Gasteiger partial charge in [0.05, 0.1) is 10.9 Å². The summed E-state index contributed by atoms with van der Waals surface area (Å²) in [5.74, 6) is 0.872. The van der Waals surface area contributed by atoms with Crippen molar-refractivity contribution in [2.75, 3.05) is 24.6 Å². The van der Waals surface area contributed by atoms with Crippen LogP contribution in [0.3, 0.4) is 0 Å². The minimum atomic E-state index is -1.000. The molecule has 288 valence electrons. The van der Waals surface area contributed by atoms with Crippen molar-refractivity contribution in [1.82, 2.24) is 10.6 Å². The number of rotatable bonds is 18. The molecule has 55 heavy (non-hydrogen) atoms. The lowest BCUT2D eigenvalue weighted by Crippen LogP contribution is -2.53. The second kappa shape index (κ2) is 18.4. The van der Waals surface area contributed by atoms with E-state index in [0.29, 0.717) is 52.2 Å². The molecule has 2 amide bonds. The Morgan fingerprint density at radius 3 is 2.36 bits per heavy atom. The number of allylic oxidation sites excluding steroid dienone is 2. The first-order valence-corrected chi connectivity index (χ1v) is 21.4. The molecule has 3 aromatic carbocycles. The number of fused-ring (bicyclic) bond motifs is 1. The average molecular weight is 849 g/mol. The van der Waals surface area contributed by atoms with Crippen molar-refractivity contribution in [3.8, 4) is 22.6 Å². The highest BCUT2D eigenvalue weighted by atomic mass is 79.9. The fourth-order valence-corrected chi connectivity index (χ4v) is 10.0. The van der Waals surface area contributed by atoms with Gasteiger partial charge >= 0.3 is 11.9 Å². The van der Waals surface area contributed by atoms with Crippen LogP contribution in [0.15, 0.2) is 88.0 Å². The van der Waals surface area contributed by atoms with E-state index in [4.69, 9.17) is 9.84 Å². The maximum atomic E-state index is 13.1. The number of nitrogens with zero attached hydrogens (tertiary/aromatic N) is 1. The summed E-state index contributed by atoms with van der Waals surface area (Å²) >= 11 is 3.23. The number of carbonyl (C=O) groups is 4. The molecule has 2 saturated carbocycles. The molecule has 0 spiro atoms. The fraction of sp³-hybridized carbons (Fsp3) is 0.341. The van der Waals surface area contributed by atoms with Gasteiger partial charge in [-0.15, -0.1) is 0 Å². The second-order valence-electron chi connectivity index (χ2n) is 13.9. The van der Waals surface area contributed by atoms with E-state index in [2.05, 4.69) is 43.9 Å². The molecule has 4 bridgehead atoms. The molecule has 14 heteroatoms. The van der Waals surface area contributed by atoms with Gasteiger partial charge in [-0.1, -0.05) is 74.8 Å². The van der Waals surface area contributed by atoms with Gasteiger partial charge < -0.3 is 30.8 Å². The molecular formula is C41H42BrN3O8S2. The molecule has 4 aliphatic carbocycles. The largest absolute Gasteiger partial charge is 0.507 e. The van der Waals surface area contributed by atoms with Crippen LogP contribution in [0.5, 0.6) is 11.5 Å². The number of aromatic hydroxyl groups is 1. The quantitative estimate of drug-likeness (QED) is 0.0101. The van der Waals surface area contributed by atoms with Gasteiger partial charge in [-0.05, 0) is 106 Å². The van der Waals surface area contributed by atoms with Crippen LogP contribution in [-0.4, -0.2) is 69.5 Å². The molecule has 3 unspecified atom stereocenters. The highest BCUT2D eigenvalue weighted by molar-refractivity contribution is 9.10.